The lowest BCUT2D eigenvalue weighted by Gasteiger charge is -2.28. The Kier molecular flexibility index (Phi) is 7.40. The van der Waals surface area contributed by atoms with E-state index in [1.165, 1.54) is 25.7 Å². The third kappa shape index (κ3) is 2.77. The van der Waals surface area contributed by atoms with Crippen molar-refractivity contribution in [1.29, 1.82) is 0 Å². The molecule has 1 heteroatoms. The molecule has 0 spiro atoms. The topological polar surface area (TPSA) is 0 Å². The summed E-state index contributed by atoms with van der Waals surface area (Å²) in [6.07, 6.45) is 5.38. The Bertz CT molecular complexity index is 47.6. The van der Waals surface area contributed by atoms with Gasteiger partial charge in [0, 0.05) is 0 Å². The predicted molar refractivity (Wildman–Crippen MR) is 53.5 cm³/mol. The first-order chi connectivity index (χ1) is 4.24. The van der Waals surface area contributed by atoms with E-state index in [0.29, 0.717) is 5.41 Å². The zero-order chi connectivity index (χ0) is 7.33. The molecule has 0 saturated carbocycles. The Morgan fingerprint density at radius 2 is 0.900 bits per heavy atom. The molecule has 0 aliphatic rings. The van der Waals surface area contributed by atoms with Crippen LogP contribution in [0.4, 0.5) is 0 Å². The molecule has 0 radical (unpaired) electrons. The molecule has 0 aliphatic carbocycles. The molecule has 0 fully saturated rings. The molecule has 0 rings (SSSR count). The van der Waals surface area contributed by atoms with Gasteiger partial charge in [-0.1, -0.05) is 53.4 Å². The van der Waals surface area contributed by atoms with Crippen LogP contribution in [0, 0.1) is 5.41 Å². The molecule has 0 saturated heterocycles. The molecule has 0 N–H and O–H groups in total. The van der Waals surface area contributed by atoms with Gasteiger partial charge in [0.1, 0.15) is 0 Å². The minimum atomic E-state index is 0. The lowest BCUT2D eigenvalue weighted by atomic mass is 9.78. The summed E-state index contributed by atoms with van der Waals surface area (Å²) < 4.78 is 0. The van der Waals surface area contributed by atoms with E-state index in [9.17, 15) is 0 Å². The third-order valence-electron chi connectivity index (χ3n) is 3.00. The Hall–Kier alpha value is 0.0649. The van der Waals surface area contributed by atoms with E-state index in [0.717, 1.165) is 0 Å². The van der Waals surface area contributed by atoms with Crippen molar-refractivity contribution in [2.75, 3.05) is 0 Å². The minimum absolute atomic E-state index is 0. The summed E-state index contributed by atoms with van der Waals surface area (Å²) in [5, 5.41) is 0. The van der Waals surface area contributed by atoms with Crippen molar-refractivity contribution >= 4 is 8.41 Å². The van der Waals surface area contributed by atoms with Crippen LogP contribution in [0.3, 0.4) is 0 Å². The molecule has 0 heterocycles. The second kappa shape index (κ2) is 5.82. The molecule has 0 aromatic carbocycles. The largest absolute Gasteiger partial charge is 0.0814 e. The standard InChI is InChI=1S/C9H20.BH3/c1-5-9(6-2,7-3)8-4;/h5-8H2,1-4H3;1H3. The van der Waals surface area contributed by atoms with Crippen molar-refractivity contribution in [3.8, 4) is 0 Å². The monoisotopic (exact) mass is 142 g/mol. The van der Waals surface area contributed by atoms with E-state index >= 15 is 0 Å². The quantitative estimate of drug-likeness (QED) is 0.529. The second-order valence-corrected chi connectivity index (χ2v) is 2.91. The van der Waals surface area contributed by atoms with Gasteiger partial charge in [-0.15, -0.1) is 0 Å². The van der Waals surface area contributed by atoms with Crippen LogP contribution in [-0.2, 0) is 0 Å². The summed E-state index contributed by atoms with van der Waals surface area (Å²) in [7, 11) is 0. The molecule has 0 amide bonds. The van der Waals surface area contributed by atoms with Gasteiger partial charge in [0.25, 0.3) is 0 Å². The van der Waals surface area contributed by atoms with E-state index in [1.54, 1.807) is 0 Å². The highest BCUT2D eigenvalue weighted by Gasteiger charge is 2.20. The maximum absolute atomic E-state index is 2.30. The Morgan fingerprint density at radius 1 is 0.700 bits per heavy atom. The van der Waals surface area contributed by atoms with Crippen molar-refractivity contribution in [3.63, 3.8) is 0 Å². The first-order valence-corrected chi connectivity index (χ1v) is 4.24. The zero-order valence-corrected chi connectivity index (χ0v) is 7.33. The van der Waals surface area contributed by atoms with Gasteiger partial charge in [-0.2, -0.15) is 0 Å². The fraction of sp³-hybridized carbons (Fsp3) is 1.00. The van der Waals surface area contributed by atoms with Crippen LogP contribution in [-0.4, -0.2) is 8.41 Å². The molecule has 0 unspecified atom stereocenters. The lowest BCUT2D eigenvalue weighted by molar-refractivity contribution is 0.240. The summed E-state index contributed by atoms with van der Waals surface area (Å²) in [5.74, 6) is 0. The fourth-order valence-corrected chi connectivity index (χ4v) is 1.50. The molecule has 0 bridgehead atoms. The third-order valence-corrected chi connectivity index (χ3v) is 3.00. The molecule has 0 atom stereocenters. The van der Waals surface area contributed by atoms with Crippen LogP contribution in [0.1, 0.15) is 53.4 Å². The minimum Gasteiger partial charge on any atom is -0.0649 e. The van der Waals surface area contributed by atoms with E-state index in [1.807, 2.05) is 0 Å². The SMILES string of the molecule is B.CCC(CC)(CC)CC. The van der Waals surface area contributed by atoms with E-state index in [2.05, 4.69) is 27.7 Å². The molecule has 0 nitrogen and oxygen atoms in total. The molecule has 62 valence electrons. The fourth-order valence-electron chi connectivity index (χ4n) is 1.50. The maximum Gasteiger partial charge on any atom is 0.0814 e. The number of hydrogen-bond donors (Lipinski definition) is 0. The van der Waals surface area contributed by atoms with Crippen molar-refractivity contribution in [2.45, 2.75) is 53.4 Å². The molecular formula is C9H23B. The van der Waals surface area contributed by atoms with Gasteiger partial charge in [0.15, 0.2) is 0 Å². The van der Waals surface area contributed by atoms with Gasteiger partial charge in [0.05, 0.1) is 8.41 Å². The summed E-state index contributed by atoms with van der Waals surface area (Å²) in [6.45, 7) is 9.21. The van der Waals surface area contributed by atoms with E-state index < -0.39 is 0 Å². The van der Waals surface area contributed by atoms with E-state index in [4.69, 9.17) is 0 Å². The first-order valence-electron chi connectivity index (χ1n) is 4.24. The van der Waals surface area contributed by atoms with Crippen LogP contribution in [0.2, 0.25) is 0 Å². The van der Waals surface area contributed by atoms with Crippen LogP contribution in [0.15, 0.2) is 0 Å². The van der Waals surface area contributed by atoms with Gasteiger partial charge < -0.3 is 0 Å². The molecular weight excluding hydrogens is 119 g/mol. The zero-order valence-electron chi connectivity index (χ0n) is 7.33. The summed E-state index contributed by atoms with van der Waals surface area (Å²) in [6, 6.07) is 0. The molecule has 0 aromatic heterocycles. The summed E-state index contributed by atoms with van der Waals surface area (Å²) in [5.41, 5.74) is 0.667. The molecule has 0 aromatic rings. The van der Waals surface area contributed by atoms with Crippen LogP contribution in [0.25, 0.3) is 0 Å². The van der Waals surface area contributed by atoms with Crippen LogP contribution >= 0.6 is 0 Å². The molecule has 10 heavy (non-hydrogen) atoms. The van der Waals surface area contributed by atoms with Crippen molar-refractivity contribution < 1.29 is 0 Å². The number of hydrogen-bond acceptors (Lipinski definition) is 0. The lowest BCUT2D eigenvalue weighted by Crippen LogP contribution is -2.15. The number of rotatable bonds is 4. The van der Waals surface area contributed by atoms with Crippen LogP contribution < -0.4 is 0 Å². The highest BCUT2D eigenvalue weighted by Crippen LogP contribution is 2.33. The van der Waals surface area contributed by atoms with Gasteiger partial charge in [-0.25, -0.2) is 0 Å². The van der Waals surface area contributed by atoms with E-state index in [-0.39, 0.29) is 8.41 Å². The van der Waals surface area contributed by atoms with Crippen molar-refractivity contribution in [2.24, 2.45) is 5.41 Å². The van der Waals surface area contributed by atoms with Crippen molar-refractivity contribution in [3.05, 3.63) is 0 Å². The maximum atomic E-state index is 2.30. The average molecular weight is 142 g/mol. The Labute approximate surface area is 68.0 Å². The van der Waals surface area contributed by atoms with Gasteiger partial charge in [-0.3, -0.25) is 0 Å². The molecule has 0 aliphatic heterocycles. The van der Waals surface area contributed by atoms with Crippen molar-refractivity contribution in [1.82, 2.24) is 0 Å². The van der Waals surface area contributed by atoms with Gasteiger partial charge in [0.2, 0.25) is 0 Å². The Morgan fingerprint density at radius 3 is 0.900 bits per heavy atom. The normalized spacial score (nSPS) is 10.8. The average Bonchev–Trinajstić information content (AvgIpc) is 1.95. The Balaban J connectivity index is 0. The summed E-state index contributed by atoms with van der Waals surface area (Å²) >= 11 is 0. The highest BCUT2D eigenvalue weighted by atomic mass is 14.3. The van der Waals surface area contributed by atoms with Gasteiger partial charge in [-0.05, 0) is 5.41 Å². The highest BCUT2D eigenvalue weighted by molar-refractivity contribution is 5.75. The van der Waals surface area contributed by atoms with Crippen LogP contribution in [0.5, 0.6) is 0 Å². The predicted octanol–water partition coefficient (Wildman–Crippen LogP) is 2.43. The summed E-state index contributed by atoms with van der Waals surface area (Å²) in [4.78, 5) is 0. The first kappa shape index (κ1) is 12.7. The smallest absolute Gasteiger partial charge is 0.0649 e. The van der Waals surface area contributed by atoms with Gasteiger partial charge >= 0.3 is 0 Å². The second-order valence-electron chi connectivity index (χ2n) is 2.91.